The molecule has 3 N–H and O–H groups in total. The maximum atomic E-state index is 13.4. The number of ether oxygens (including phenoxy) is 1. The summed E-state index contributed by atoms with van der Waals surface area (Å²) in [5.74, 6) is -0.0450. The average molecular weight is 578 g/mol. The summed E-state index contributed by atoms with van der Waals surface area (Å²) in [7, 11) is 0. The van der Waals surface area contributed by atoms with Gasteiger partial charge in [-0.05, 0) is 75.0 Å². The monoisotopic (exact) mass is 577 g/mol. The molecule has 0 saturated heterocycles. The molecule has 0 aliphatic heterocycles. The van der Waals surface area contributed by atoms with Gasteiger partial charge >= 0.3 is 5.97 Å². The summed E-state index contributed by atoms with van der Waals surface area (Å²) >= 11 is 0. The number of aliphatic hydroxyl groups excluding tert-OH is 1. The van der Waals surface area contributed by atoms with E-state index in [9.17, 15) is 19.5 Å². The second kappa shape index (κ2) is 12.9. The number of aryl methyl sites for hydroxylation is 1. The molecule has 11 heteroatoms. The first-order valence-electron chi connectivity index (χ1n) is 14.8. The van der Waals surface area contributed by atoms with Crippen LogP contribution in [0, 0.1) is 17.8 Å². The number of nitrogens with one attached hydrogen (secondary N) is 2. The standard InChI is InChI=1S/C31H39N5O6/c1-4-41-31(40)26(18(2)3)33-29(39)25-17-32-30(42-25)22-8-5-7-21(15-22)23-16-24(36(35-23)13-6-14-37)28(38)34-27(19-9-10-19)20-11-12-20/h5,7-8,15-20,26-27,37H,4,6,9-14H2,1-3H3,(H,33,39)(H,34,38). The summed E-state index contributed by atoms with van der Waals surface area (Å²) in [6.45, 7) is 5.97. The minimum atomic E-state index is -0.814. The molecule has 3 aromatic rings. The van der Waals surface area contributed by atoms with E-state index in [-0.39, 0.29) is 42.7 Å². The summed E-state index contributed by atoms with van der Waals surface area (Å²) in [5.41, 5.74) is 2.44. The number of benzene rings is 1. The predicted molar refractivity (Wildman–Crippen MR) is 154 cm³/mol. The number of hydrogen-bond donors (Lipinski definition) is 3. The summed E-state index contributed by atoms with van der Waals surface area (Å²) in [6, 6.07) is 8.52. The molecule has 2 heterocycles. The lowest BCUT2D eigenvalue weighted by Crippen LogP contribution is -2.45. The van der Waals surface area contributed by atoms with Crippen LogP contribution in [0.1, 0.15) is 73.9 Å². The fourth-order valence-corrected chi connectivity index (χ4v) is 5.15. The number of carbonyl (C=O) groups excluding carboxylic acids is 3. The van der Waals surface area contributed by atoms with E-state index >= 15 is 0 Å². The Hall–Kier alpha value is -3.99. The highest BCUT2D eigenvalue weighted by Gasteiger charge is 2.42. The molecular formula is C31H39N5O6. The number of hydrogen-bond acceptors (Lipinski definition) is 8. The van der Waals surface area contributed by atoms with E-state index in [1.165, 1.54) is 6.20 Å². The molecule has 0 radical (unpaired) electrons. The Kier molecular flexibility index (Phi) is 9.06. The van der Waals surface area contributed by atoms with Crippen LogP contribution in [0.25, 0.3) is 22.7 Å². The van der Waals surface area contributed by atoms with Gasteiger partial charge in [-0.15, -0.1) is 0 Å². The first-order valence-corrected chi connectivity index (χ1v) is 14.8. The molecule has 2 aliphatic carbocycles. The molecule has 2 aromatic heterocycles. The van der Waals surface area contributed by atoms with Crippen molar-refractivity contribution in [2.75, 3.05) is 13.2 Å². The van der Waals surface area contributed by atoms with Crippen molar-refractivity contribution in [3.8, 4) is 22.7 Å². The van der Waals surface area contributed by atoms with E-state index in [1.54, 1.807) is 23.7 Å². The van der Waals surface area contributed by atoms with Gasteiger partial charge in [-0.1, -0.05) is 26.0 Å². The van der Waals surface area contributed by atoms with Crippen LogP contribution >= 0.6 is 0 Å². The molecule has 11 nitrogen and oxygen atoms in total. The number of carbonyl (C=O) groups is 3. The van der Waals surface area contributed by atoms with E-state index < -0.39 is 17.9 Å². The number of amides is 2. The van der Waals surface area contributed by atoms with Crippen LogP contribution < -0.4 is 10.6 Å². The maximum Gasteiger partial charge on any atom is 0.328 e. The highest BCUT2D eigenvalue weighted by molar-refractivity contribution is 5.95. The van der Waals surface area contributed by atoms with Crippen molar-refractivity contribution < 1.29 is 28.6 Å². The molecule has 42 heavy (non-hydrogen) atoms. The van der Waals surface area contributed by atoms with Crippen molar-refractivity contribution in [1.29, 1.82) is 0 Å². The number of oxazole rings is 1. The van der Waals surface area contributed by atoms with Crippen LogP contribution in [0.2, 0.25) is 0 Å². The molecule has 2 aliphatic rings. The van der Waals surface area contributed by atoms with E-state index in [0.717, 1.165) is 31.2 Å². The van der Waals surface area contributed by atoms with Gasteiger partial charge in [0.05, 0.1) is 18.5 Å². The maximum absolute atomic E-state index is 13.4. The molecule has 5 rings (SSSR count). The zero-order valence-corrected chi connectivity index (χ0v) is 24.3. The summed E-state index contributed by atoms with van der Waals surface area (Å²) in [6.07, 6.45) is 6.45. The normalized spacial score (nSPS) is 15.6. The number of rotatable bonds is 14. The number of aliphatic hydroxyl groups is 1. The third-order valence-corrected chi connectivity index (χ3v) is 7.73. The van der Waals surface area contributed by atoms with Gasteiger partial charge in [0.25, 0.3) is 11.8 Å². The molecule has 2 fully saturated rings. The lowest BCUT2D eigenvalue weighted by molar-refractivity contribution is -0.146. The minimum absolute atomic E-state index is 0.00368. The van der Waals surface area contributed by atoms with E-state index in [4.69, 9.17) is 14.3 Å². The van der Waals surface area contributed by atoms with Crippen molar-refractivity contribution in [3.63, 3.8) is 0 Å². The first kappa shape index (κ1) is 29.5. The fourth-order valence-electron chi connectivity index (χ4n) is 5.15. The van der Waals surface area contributed by atoms with Crippen LogP contribution in [-0.4, -0.2) is 63.0 Å². The van der Waals surface area contributed by atoms with Gasteiger partial charge < -0.3 is 24.9 Å². The van der Waals surface area contributed by atoms with Crippen LogP contribution in [0.4, 0.5) is 0 Å². The molecule has 0 spiro atoms. The third kappa shape index (κ3) is 6.89. The molecule has 0 bridgehead atoms. The van der Waals surface area contributed by atoms with Gasteiger partial charge in [-0.2, -0.15) is 5.10 Å². The van der Waals surface area contributed by atoms with Gasteiger partial charge in [0.1, 0.15) is 11.7 Å². The topological polar surface area (TPSA) is 149 Å². The predicted octanol–water partition coefficient (Wildman–Crippen LogP) is 3.82. The Labute approximate surface area is 245 Å². The van der Waals surface area contributed by atoms with Gasteiger partial charge in [0.15, 0.2) is 0 Å². The van der Waals surface area contributed by atoms with Crippen molar-refractivity contribution >= 4 is 17.8 Å². The molecular weight excluding hydrogens is 538 g/mol. The molecule has 224 valence electrons. The molecule has 1 aromatic carbocycles. The number of nitrogens with zero attached hydrogens (tertiary/aromatic N) is 3. The average Bonchev–Trinajstić information content (AvgIpc) is 3.91. The van der Waals surface area contributed by atoms with Crippen molar-refractivity contribution in [1.82, 2.24) is 25.4 Å². The molecule has 1 unspecified atom stereocenters. The molecule has 1 atom stereocenters. The lowest BCUT2D eigenvalue weighted by Gasteiger charge is -2.19. The Morgan fingerprint density at radius 3 is 2.43 bits per heavy atom. The van der Waals surface area contributed by atoms with E-state index in [0.29, 0.717) is 41.8 Å². The molecule has 2 amide bonds. The highest BCUT2D eigenvalue weighted by Crippen LogP contribution is 2.44. The highest BCUT2D eigenvalue weighted by atomic mass is 16.5. The lowest BCUT2D eigenvalue weighted by atomic mass is 10.0. The molecule has 2 saturated carbocycles. The fraction of sp³-hybridized carbons (Fsp3) is 0.516. The van der Waals surface area contributed by atoms with Crippen LogP contribution in [0.5, 0.6) is 0 Å². The van der Waals surface area contributed by atoms with Crippen LogP contribution in [-0.2, 0) is 16.1 Å². The third-order valence-electron chi connectivity index (χ3n) is 7.73. The van der Waals surface area contributed by atoms with Gasteiger partial charge in [0.2, 0.25) is 11.7 Å². The van der Waals surface area contributed by atoms with Gasteiger partial charge in [-0.25, -0.2) is 9.78 Å². The quantitative estimate of drug-likeness (QED) is 0.245. The van der Waals surface area contributed by atoms with Crippen LogP contribution in [0.15, 0.2) is 40.9 Å². The first-order chi connectivity index (χ1) is 20.3. The Morgan fingerprint density at radius 2 is 1.79 bits per heavy atom. The van der Waals surface area contributed by atoms with Gasteiger partial charge in [0, 0.05) is 30.3 Å². The summed E-state index contributed by atoms with van der Waals surface area (Å²) < 4.78 is 12.5. The van der Waals surface area contributed by atoms with E-state index in [2.05, 4.69) is 15.6 Å². The SMILES string of the molecule is CCOC(=O)C(NC(=O)c1cnc(-c2cccc(-c3cc(C(=O)NC(C4CC4)C4CC4)n(CCCO)n3)c2)o1)C(C)C. The Balaban J connectivity index is 1.34. The Bertz CT molecular complexity index is 1410. The summed E-state index contributed by atoms with van der Waals surface area (Å²) in [4.78, 5) is 42.8. The van der Waals surface area contributed by atoms with Crippen LogP contribution in [0.3, 0.4) is 0 Å². The minimum Gasteiger partial charge on any atom is -0.464 e. The number of esters is 1. The largest absolute Gasteiger partial charge is 0.464 e. The summed E-state index contributed by atoms with van der Waals surface area (Å²) in [5, 5.41) is 20.1. The second-order valence-corrected chi connectivity index (χ2v) is 11.4. The smallest absolute Gasteiger partial charge is 0.328 e. The zero-order chi connectivity index (χ0) is 29.8. The zero-order valence-electron chi connectivity index (χ0n) is 24.3. The van der Waals surface area contributed by atoms with Gasteiger partial charge in [-0.3, -0.25) is 14.3 Å². The van der Waals surface area contributed by atoms with Crippen molar-refractivity contribution in [3.05, 3.63) is 48.0 Å². The Morgan fingerprint density at radius 1 is 1.07 bits per heavy atom. The second-order valence-electron chi connectivity index (χ2n) is 11.4. The van der Waals surface area contributed by atoms with Crippen molar-refractivity contribution in [2.45, 2.75) is 71.5 Å². The number of aromatic nitrogens is 3. The van der Waals surface area contributed by atoms with Crippen molar-refractivity contribution in [2.24, 2.45) is 17.8 Å². The van der Waals surface area contributed by atoms with E-state index in [1.807, 2.05) is 32.0 Å².